The second-order valence-electron chi connectivity index (χ2n) is 5.15. The summed E-state index contributed by atoms with van der Waals surface area (Å²) < 4.78 is 0. The van der Waals surface area contributed by atoms with Crippen molar-refractivity contribution in [2.24, 2.45) is 5.92 Å². The maximum absolute atomic E-state index is 9.86. The van der Waals surface area contributed by atoms with Gasteiger partial charge in [0, 0.05) is 25.6 Å². The fraction of sp³-hybridized carbons (Fsp3) is 0.714. The number of aromatic nitrogens is 2. The summed E-state index contributed by atoms with van der Waals surface area (Å²) in [5, 5.41) is 16.2. The standard InChI is InChI=1S/C14H26N4O/c1-6-7-12-17-13(15-5)10(4)14(18-12)16-8-11(19)9(2)3/h9,11,19H,6-8H2,1-5H3,(H2,15,16,17,18). The summed E-state index contributed by atoms with van der Waals surface area (Å²) in [6.45, 7) is 8.59. The topological polar surface area (TPSA) is 70.1 Å². The molecular formula is C14H26N4O. The third-order valence-corrected chi connectivity index (χ3v) is 3.15. The number of nitrogens with one attached hydrogen (secondary N) is 2. The Kier molecular flexibility index (Phi) is 6.02. The van der Waals surface area contributed by atoms with E-state index in [4.69, 9.17) is 0 Å². The molecule has 0 saturated carbocycles. The monoisotopic (exact) mass is 266 g/mol. The van der Waals surface area contributed by atoms with Gasteiger partial charge in [0.15, 0.2) is 0 Å². The van der Waals surface area contributed by atoms with Gasteiger partial charge in [0.25, 0.3) is 0 Å². The van der Waals surface area contributed by atoms with Gasteiger partial charge in [-0.1, -0.05) is 20.8 Å². The van der Waals surface area contributed by atoms with Gasteiger partial charge in [-0.3, -0.25) is 0 Å². The summed E-state index contributed by atoms with van der Waals surface area (Å²) in [6.07, 6.45) is 1.50. The highest BCUT2D eigenvalue weighted by molar-refractivity contribution is 5.57. The fourth-order valence-corrected chi connectivity index (χ4v) is 1.75. The van der Waals surface area contributed by atoms with Crippen molar-refractivity contribution in [3.63, 3.8) is 0 Å². The number of hydrogen-bond acceptors (Lipinski definition) is 5. The summed E-state index contributed by atoms with van der Waals surface area (Å²) in [6, 6.07) is 0. The molecule has 5 nitrogen and oxygen atoms in total. The molecule has 5 heteroatoms. The maximum Gasteiger partial charge on any atom is 0.134 e. The van der Waals surface area contributed by atoms with Gasteiger partial charge in [-0.2, -0.15) is 0 Å². The molecular weight excluding hydrogens is 240 g/mol. The van der Waals surface area contributed by atoms with E-state index in [1.807, 2.05) is 27.8 Å². The third-order valence-electron chi connectivity index (χ3n) is 3.15. The molecule has 0 amide bonds. The van der Waals surface area contributed by atoms with Crippen molar-refractivity contribution in [1.82, 2.24) is 9.97 Å². The summed E-state index contributed by atoms with van der Waals surface area (Å²) in [7, 11) is 1.86. The van der Waals surface area contributed by atoms with Gasteiger partial charge in [0.2, 0.25) is 0 Å². The quantitative estimate of drug-likeness (QED) is 0.706. The molecule has 1 atom stereocenters. The van der Waals surface area contributed by atoms with E-state index in [-0.39, 0.29) is 12.0 Å². The van der Waals surface area contributed by atoms with Gasteiger partial charge < -0.3 is 15.7 Å². The first-order valence-electron chi connectivity index (χ1n) is 6.96. The van der Waals surface area contributed by atoms with Gasteiger partial charge in [-0.25, -0.2) is 9.97 Å². The molecule has 0 fully saturated rings. The van der Waals surface area contributed by atoms with Crippen molar-refractivity contribution in [2.75, 3.05) is 24.2 Å². The van der Waals surface area contributed by atoms with Crippen LogP contribution in [0.15, 0.2) is 0 Å². The van der Waals surface area contributed by atoms with E-state index in [0.29, 0.717) is 6.54 Å². The number of nitrogens with zero attached hydrogens (tertiary/aromatic N) is 2. The lowest BCUT2D eigenvalue weighted by Gasteiger charge is -2.18. The molecule has 0 bridgehead atoms. The molecule has 19 heavy (non-hydrogen) atoms. The first-order valence-corrected chi connectivity index (χ1v) is 6.96. The molecule has 1 unspecified atom stereocenters. The van der Waals surface area contributed by atoms with Crippen LogP contribution in [-0.4, -0.2) is 34.8 Å². The van der Waals surface area contributed by atoms with Crippen LogP contribution in [0, 0.1) is 12.8 Å². The van der Waals surface area contributed by atoms with Crippen molar-refractivity contribution in [1.29, 1.82) is 0 Å². The van der Waals surface area contributed by atoms with Gasteiger partial charge in [-0.05, 0) is 19.3 Å². The zero-order valence-electron chi connectivity index (χ0n) is 12.6. The van der Waals surface area contributed by atoms with Crippen LogP contribution >= 0.6 is 0 Å². The van der Waals surface area contributed by atoms with Gasteiger partial charge >= 0.3 is 0 Å². The van der Waals surface area contributed by atoms with Crippen molar-refractivity contribution < 1.29 is 5.11 Å². The van der Waals surface area contributed by atoms with Crippen LogP contribution in [0.2, 0.25) is 0 Å². The second-order valence-corrected chi connectivity index (χ2v) is 5.15. The van der Waals surface area contributed by atoms with E-state index in [2.05, 4.69) is 27.5 Å². The number of aliphatic hydroxyl groups is 1. The molecule has 0 aromatic carbocycles. The van der Waals surface area contributed by atoms with Crippen LogP contribution in [0.25, 0.3) is 0 Å². The minimum Gasteiger partial charge on any atom is -0.391 e. The molecule has 0 aliphatic carbocycles. The number of rotatable bonds is 7. The van der Waals surface area contributed by atoms with Crippen LogP contribution in [0.3, 0.4) is 0 Å². The SMILES string of the molecule is CCCc1nc(NC)c(C)c(NCC(O)C(C)C)n1. The molecule has 1 aromatic heterocycles. The molecule has 1 aromatic rings. The Balaban J connectivity index is 2.88. The largest absolute Gasteiger partial charge is 0.391 e. The van der Waals surface area contributed by atoms with Crippen molar-refractivity contribution in [2.45, 2.75) is 46.6 Å². The summed E-state index contributed by atoms with van der Waals surface area (Å²) in [4.78, 5) is 9.01. The second kappa shape index (κ2) is 7.28. The van der Waals surface area contributed by atoms with Crippen LogP contribution in [0.5, 0.6) is 0 Å². The molecule has 3 N–H and O–H groups in total. The lowest BCUT2D eigenvalue weighted by atomic mass is 10.1. The normalized spacial score (nSPS) is 12.6. The predicted molar refractivity (Wildman–Crippen MR) is 79.6 cm³/mol. The number of anilines is 2. The van der Waals surface area contributed by atoms with E-state index in [1.54, 1.807) is 0 Å². The molecule has 1 rings (SSSR count). The Bertz CT molecular complexity index is 407. The first-order chi connectivity index (χ1) is 8.99. The smallest absolute Gasteiger partial charge is 0.134 e. The van der Waals surface area contributed by atoms with Gasteiger partial charge in [-0.15, -0.1) is 0 Å². The van der Waals surface area contributed by atoms with Crippen molar-refractivity contribution in [3.05, 3.63) is 11.4 Å². The average molecular weight is 266 g/mol. The van der Waals surface area contributed by atoms with Crippen molar-refractivity contribution in [3.8, 4) is 0 Å². The molecule has 0 aliphatic rings. The summed E-state index contributed by atoms with van der Waals surface area (Å²) in [5.41, 5.74) is 0.985. The van der Waals surface area contributed by atoms with Crippen LogP contribution < -0.4 is 10.6 Å². The van der Waals surface area contributed by atoms with E-state index in [9.17, 15) is 5.11 Å². The van der Waals surface area contributed by atoms with Crippen LogP contribution in [0.4, 0.5) is 11.6 Å². The minimum atomic E-state index is -0.373. The molecule has 0 radical (unpaired) electrons. The minimum absolute atomic E-state index is 0.230. The Morgan fingerprint density at radius 1 is 1.21 bits per heavy atom. The Morgan fingerprint density at radius 3 is 2.37 bits per heavy atom. The van der Waals surface area contributed by atoms with E-state index >= 15 is 0 Å². The zero-order chi connectivity index (χ0) is 14.4. The van der Waals surface area contributed by atoms with E-state index in [1.165, 1.54) is 0 Å². The Labute approximate surface area is 115 Å². The molecule has 108 valence electrons. The van der Waals surface area contributed by atoms with Gasteiger partial charge in [0.1, 0.15) is 17.5 Å². The highest BCUT2D eigenvalue weighted by Crippen LogP contribution is 2.20. The number of aliphatic hydroxyl groups excluding tert-OH is 1. The molecule has 0 aliphatic heterocycles. The third kappa shape index (κ3) is 4.35. The first kappa shape index (κ1) is 15.7. The number of aryl methyl sites for hydroxylation is 1. The fourth-order valence-electron chi connectivity index (χ4n) is 1.75. The van der Waals surface area contributed by atoms with E-state index in [0.717, 1.165) is 35.9 Å². The predicted octanol–water partition coefficient (Wildman–Crippen LogP) is 2.21. The molecule has 0 spiro atoms. The highest BCUT2D eigenvalue weighted by Gasteiger charge is 2.13. The van der Waals surface area contributed by atoms with Gasteiger partial charge in [0.05, 0.1) is 6.10 Å². The Morgan fingerprint density at radius 2 is 1.84 bits per heavy atom. The van der Waals surface area contributed by atoms with E-state index < -0.39 is 0 Å². The van der Waals surface area contributed by atoms with Crippen molar-refractivity contribution >= 4 is 11.6 Å². The molecule has 1 heterocycles. The van der Waals surface area contributed by atoms with Crippen LogP contribution in [0.1, 0.15) is 38.6 Å². The lowest BCUT2D eigenvalue weighted by molar-refractivity contribution is 0.138. The zero-order valence-corrected chi connectivity index (χ0v) is 12.6. The number of hydrogen-bond donors (Lipinski definition) is 3. The Hall–Kier alpha value is -1.36. The summed E-state index contributed by atoms with van der Waals surface area (Å²) >= 11 is 0. The lowest BCUT2D eigenvalue weighted by Crippen LogP contribution is -2.25. The summed E-state index contributed by atoms with van der Waals surface area (Å²) in [5.74, 6) is 2.72. The van der Waals surface area contributed by atoms with Crippen LogP contribution in [-0.2, 0) is 6.42 Å². The average Bonchev–Trinajstić information content (AvgIpc) is 2.38. The molecule has 0 saturated heterocycles. The highest BCUT2D eigenvalue weighted by atomic mass is 16.3. The maximum atomic E-state index is 9.86.